The predicted molar refractivity (Wildman–Crippen MR) is 121 cm³/mol. The number of nitrogens with one attached hydrogen (secondary N) is 2. The lowest BCUT2D eigenvalue weighted by Gasteiger charge is -2.21. The smallest absolute Gasteiger partial charge is 0.279 e. The summed E-state index contributed by atoms with van der Waals surface area (Å²) in [6, 6.07) is 12.8. The Morgan fingerprint density at radius 1 is 1.03 bits per heavy atom. The highest BCUT2D eigenvalue weighted by molar-refractivity contribution is 14.1. The van der Waals surface area contributed by atoms with Crippen molar-refractivity contribution in [3.8, 4) is 11.5 Å². The maximum atomic E-state index is 12.6. The van der Waals surface area contributed by atoms with E-state index in [1.807, 2.05) is 31.2 Å². The molecule has 0 saturated carbocycles. The maximum absolute atomic E-state index is 12.6. The van der Waals surface area contributed by atoms with E-state index in [0.29, 0.717) is 29.4 Å². The lowest BCUT2D eigenvalue weighted by Crippen LogP contribution is -2.48. The third-order valence-electron chi connectivity index (χ3n) is 4.71. The van der Waals surface area contributed by atoms with Crippen molar-refractivity contribution in [1.82, 2.24) is 10.9 Å². The van der Waals surface area contributed by atoms with Gasteiger partial charge in [-0.3, -0.25) is 20.4 Å². The summed E-state index contributed by atoms with van der Waals surface area (Å²) < 4.78 is 12.0. The number of hydrogen-bond acceptors (Lipinski definition) is 4. The molecule has 2 aromatic carbocycles. The normalized spacial score (nSPS) is 12.6. The number of amides is 2. The van der Waals surface area contributed by atoms with Crippen molar-refractivity contribution in [1.29, 1.82) is 0 Å². The molecule has 2 amide bonds. The summed E-state index contributed by atoms with van der Waals surface area (Å²) in [4.78, 5) is 24.9. The highest BCUT2D eigenvalue weighted by atomic mass is 127. The zero-order valence-electron chi connectivity index (χ0n) is 17.1. The Kier molecular flexibility index (Phi) is 8.75. The Labute approximate surface area is 185 Å². The fourth-order valence-corrected chi connectivity index (χ4v) is 3.50. The summed E-state index contributed by atoms with van der Waals surface area (Å²) in [7, 11) is 1.57. The lowest BCUT2D eigenvalue weighted by atomic mass is 9.98. The molecule has 0 saturated heterocycles. The van der Waals surface area contributed by atoms with Gasteiger partial charge in [-0.05, 0) is 71.2 Å². The van der Waals surface area contributed by atoms with Crippen LogP contribution in [0.1, 0.15) is 55.5 Å². The Bertz CT molecular complexity index is 856. The molecule has 0 aromatic heterocycles. The summed E-state index contributed by atoms with van der Waals surface area (Å²) in [5.74, 6) is 0.895. The molecular weight excluding hydrogens is 483 g/mol. The monoisotopic (exact) mass is 510 g/mol. The zero-order chi connectivity index (χ0) is 21.4. The minimum absolute atomic E-state index is 0.323. The van der Waals surface area contributed by atoms with Gasteiger partial charge in [0, 0.05) is 5.56 Å². The van der Waals surface area contributed by atoms with Crippen molar-refractivity contribution in [2.45, 2.75) is 45.6 Å². The van der Waals surface area contributed by atoms with Gasteiger partial charge in [0.15, 0.2) is 6.10 Å². The van der Waals surface area contributed by atoms with E-state index in [0.717, 1.165) is 15.6 Å². The first-order valence-corrected chi connectivity index (χ1v) is 10.7. The predicted octanol–water partition coefficient (Wildman–Crippen LogP) is 4.43. The molecule has 0 spiro atoms. The number of carbonyl (C=O) groups excluding carboxylic acids is 2. The van der Waals surface area contributed by atoms with Crippen molar-refractivity contribution >= 4 is 34.4 Å². The first-order chi connectivity index (χ1) is 13.9. The second-order valence-corrected chi connectivity index (χ2v) is 7.82. The maximum Gasteiger partial charge on any atom is 0.279 e. The molecule has 2 rings (SSSR count). The second kappa shape index (κ2) is 11.0. The summed E-state index contributed by atoms with van der Waals surface area (Å²) in [6.07, 6.45) is 0.730. The highest BCUT2D eigenvalue weighted by Gasteiger charge is 2.21. The average Bonchev–Trinajstić information content (AvgIpc) is 2.75. The Morgan fingerprint density at radius 3 is 2.38 bits per heavy atom. The fourth-order valence-electron chi connectivity index (χ4n) is 2.77. The molecule has 0 heterocycles. The van der Waals surface area contributed by atoms with Gasteiger partial charge in [0.2, 0.25) is 0 Å². The minimum atomic E-state index is -0.712. The molecule has 0 radical (unpaired) electrons. The number of benzene rings is 2. The quantitative estimate of drug-likeness (QED) is 0.407. The first kappa shape index (κ1) is 23.0. The van der Waals surface area contributed by atoms with Crippen LogP contribution in [0, 0.1) is 3.57 Å². The number of para-hydroxylation sites is 1. The number of ether oxygens (including phenoxy) is 2. The SMILES string of the molecule is CCC(Oc1ccccc1C(C)CC)C(=O)NNC(=O)c1ccc(OC)c(I)c1. The molecule has 2 atom stereocenters. The van der Waals surface area contributed by atoms with Crippen LogP contribution < -0.4 is 20.3 Å². The molecule has 156 valence electrons. The molecule has 2 unspecified atom stereocenters. The Morgan fingerprint density at radius 2 is 1.76 bits per heavy atom. The number of carbonyl (C=O) groups is 2. The largest absolute Gasteiger partial charge is 0.496 e. The number of methoxy groups -OCH3 is 1. The van der Waals surface area contributed by atoms with Gasteiger partial charge in [-0.2, -0.15) is 0 Å². The standard InChI is InChI=1S/C22H27IN2O4/c1-5-14(3)16-9-7-8-10-19(16)29-18(6-2)22(27)25-24-21(26)15-11-12-20(28-4)17(23)13-15/h7-14,18H,5-6H2,1-4H3,(H,24,26)(H,25,27). The minimum Gasteiger partial charge on any atom is -0.496 e. The summed E-state index contributed by atoms with van der Waals surface area (Å²) in [5, 5.41) is 0. The summed E-state index contributed by atoms with van der Waals surface area (Å²) in [6.45, 7) is 6.10. The third-order valence-corrected chi connectivity index (χ3v) is 5.55. The van der Waals surface area contributed by atoms with Gasteiger partial charge in [0.05, 0.1) is 10.7 Å². The number of hydrogen-bond donors (Lipinski definition) is 2. The molecule has 7 heteroatoms. The van der Waals surface area contributed by atoms with Gasteiger partial charge in [0.25, 0.3) is 11.8 Å². The van der Waals surface area contributed by atoms with E-state index >= 15 is 0 Å². The van der Waals surface area contributed by atoms with E-state index in [4.69, 9.17) is 9.47 Å². The van der Waals surface area contributed by atoms with Crippen LogP contribution >= 0.6 is 22.6 Å². The van der Waals surface area contributed by atoms with Crippen molar-refractivity contribution < 1.29 is 19.1 Å². The Hall–Kier alpha value is -2.29. The van der Waals surface area contributed by atoms with Crippen LogP contribution in [0.25, 0.3) is 0 Å². The number of halogens is 1. The van der Waals surface area contributed by atoms with Gasteiger partial charge in [-0.25, -0.2) is 0 Å². The number of hydrazine groups is 1. The topological polar surface area (TPSA) is 76.7 Å². The van der Waals surface area contributed by atoms with E-state index < -0.39 is 17.9 Å². The summed E-state index contributed by atoms with van der Waals surface area (Å²) in [5.41, 5.74) is 6.41. The number of rotatable bonds is 8. The average molecular weight is 510 g/mol. The van der Waals surface area contributed by atoms with E-state index in [9.17, 15) is 9.59 Å². The van der Waals surface area contributed by atoms with Crippen LogP contribution in [0.15, 0.2) is 42.5 Å². The van der Waals surface area contributed by atoms with Crippen molar-refractivity contribution in [2.75, 3.05) is 7.11 Å². The first-order valence-electron chi connectivity index (χ1n) is 9.60. The van der Waals surface area contributed by atoms with Gasteiger partial charge in [-0.15, -0.1) is 0 Å². The van der Waals surface area contributed by atoms with Crippen LogP contribution in [0.4, 0.5) is 0 Å². The van der Waals surface area contributed by atoms with E-state index in [2.05, 4.69) is 47.3 Å². The molecular formula is C22H27IN2O4. The zero-order valence-corrected chi connectivity index (χ0v) is 19.3. The molecule has 0 bridgehead atoms. The lowest BCUT2D eigenvalue weighted by molar-refractivity contribution is -0.128. The van der Waals surface area contributed by atoms with Crippen LogP contribution in [0.5, 0.6) is 11.5 Å². The molecule has 0 aliphatic heterocycles. The second-order valence-electron chi connectivity index (χ2n) is 6.65. The molecule has 2 aromatic rings. The van der Waals surface area contributed by atoms with Crippen LogP contribution in [0.2, 0.25) is 0 Å². The molecule has 0 aliphatic carbocycles. The van der Waals surface area contributed by atoms with Crippen molar-refractivity contribution in [2.24, 2.45) is 0 Å². The highest BCUT2D eigenvalue weighted by Crippen LogP contribution is 2.29. The van der Waals surface area contributed by atoms with Crippen LogP contribution in [-0.2, 0) is 4.79 Å². The van der Waals surface area contributed by atoms with Gasteiger partial charge in [0.1, 0.15) is 11.5 Å². The van der Waals surface area contributed by atoms with Gasteiger partial charge >= 0.3 is 0 Å². The molecule has 0 aliphatic rings. The molecule has 2 N–H and O–H groups in total. The molecule has 29 heavy (non-hydrogen) atoms. The van der Waals surface area contributed by atoms with Crippen LogP contribution in [0.3, 0.4) is 0 Å². The summed E-state index contributed by atoms with van der Waals surface area (Å²) >= 11 is 2.09. The van der Waals surface area contributed by atoms with E-state index in [-0.39, 0.29) is 0 Å². The van der Waals surface area contributed by atoms with Crippen molar-refractivity contribution in [3.05, 3.63) is 57.2 Å². The fraction of sp³-hybridized carbons (Fsp3) is 0.364. The van der Waals surface area contributed by atoms with E-state index in [1.54, 1.807) is 25.3 Å². The van der Waals surface area contributed by atoms with Gasteiger partial charge in [-0.1, -0.05) is 39.0 Å². The van der Waals surface area contributed by atoms with Crippen molar-refractivity contribution in [3.63, 3.8) is 0 Å². The van der Waals surface area contributed by atoms with E-state index in [1.165, 1.54) is 0 Å². The Balaban J connectivity index is 2.02. The van der Waals surface area contributed by atoms with Gasteiger partial charge < -0.3 is 9.47 Å². The molecule has 0 fully saturated rings. The van der Waals surface area contributed by atoms with Crippen LogP contribution in [-0.4, -0.2) is 25.0 Å². The molecule has 6 nitrogen and oxygen atoms in total. The third kappa shape index (κ3) is 6.09.